The number of oxazole rings is 1. The summed E-state index contributed by atoms with van der Waals surface area (Å²) < 4.78 is 44.5. The van der Waals surface area contributed by atoms with E-state index in [1.54, 1.807) is 6.92 Å². The topological polar surface area (TPSA) is 35.3 Å². The van der Waals surface area contributed by atoms with Gasteiger partial charge in [0.05, 0.1) is 6.20 Å². The van der Waals surface area contributed by atoms with Crippen LogP contribution in [0.5, 0.6) is 0 Å². The smallest absolute Gasteiger partial charge is 0.411 e. The average molecular weight is 244 g/mol. The van der Waals surface area contributed by atoms with Gasteiger partial charge in [0.2, 0.25) is 5.89 Å². The van der Waals surface area contributed by atoms with E-state index in [1.165, 1.54) is 6.20 Å². The first-order valence-electron chi connectivity index (χ1n) is 4.11. The zero-order valence-corrected chi connectivity index (χ0v) is 8.60. The van der Waals surface area contributed by atoms with Crippen LogP contribution in [0.2, 0.25) is 0 Å². The molecule has 0 spiro atoms. The van der Waals surface area contributed by atoms with Crippen molar-refractivity contribution in [2.75, 3.05) is 6.61 Å². The molecule has 0 saturated heterocycles. The van der Waals surface area contributed by atoms with Crippen LogP contribution in [0.1, 0.15) is 24.0 Å². The Morgan fingerprint density at radius 3 is 2.73 bits per heavy atom. The molecule has 0 radical (unpaired) electrons. The SMILES string of the molecule is CC(Cl)c1ncc(COCC(F)(F)F)o1. The Kier molecular flexibility index (Phi) is 3.98. The van der Waals surface area contributed by atoms with Gasteiger partial charge < -0.3 is 9.15 Å². The number of nitrogens with zero attached hydrogens (tertiary/aromatic N) is 1. The van der Waals surface area contributed by atoms with Gasteiger partial charge in [-0.15, -0.1) is 11.6 Å². The predicted molar refractivity (Wildman–Crippen MR) is 46.5 cm³/mol. The van der Waals surface area contributed by atoms with Crippen molar-refractivity contribution in [3.8, 4) is 0 Å². The maximum atomic E-state index is 11.7. The third kappa shape index (κ3) is 4.53. The molecule has 1 atom stereocenters. The third-order valence-electron chi connectivity index (χ3n) is 1.42. The van der Waals surface area contributed by atoms with E-state index in [-0.39, 0.29) is 18.3 Å². The fourth-order valence-electron chi connectivity index (χ4n) is 0.841. The highest BCUT2D eigenvalue weighted by atomic mass is 35.5. The maximum absolute atomic E-state index is 11.7. The van der Waals surface area contributed by atoms with Gasteiger partial charge in [-0.3, -0.25) is 0 Å². The number of rotatable bonds is 4. The number of hydrogen-bond donors (Lipinski definition) is 0. The van der Waals surface area contributed by atoms with E-state index in [0.29, 0.717) is 0 Å². The van der Waals surface area contributed by atoms with E-state index in [1.807, 2.05) is 0 Å². The third-order valence-corrected chi connectivity index (χ3v) is 1.61. The Morgan fingerprint density at radius 2 is 2.27 bits per heavy atom. The first-order valence-corrected chi connectivity index (χ1v) is 4.55. The fourth-order valence-corrected chi connectivity index (χ4v) is 0.942. The van der Waals surface area contributed by atoms with Crippen LogP contribution in [-0.4, -0.2) is 17.8 Å². The quantitative estimate of drug-likeness (QED) is 0.763. The minimum Gasteiger partial charge on any atom is -0.442 e. The molecule has 15 heavy (non-hydrogen) atoms. The van der Waals surface area contributed by atoms with Gasteiger partial charge in [-0.25, -0.2) is 4.98 Å². The van der Waals surface area contributed by atoms with Gasteiger partial charge in [0, 0.05) is 0 Å². The first kappa shape index (κ1) is 12.3. The van der Waals surface area contributed by atoms with Crippen molar-refractivity contribution in [3.05, 3.63) is 17.8 Å². The van der Waals surface area contributed by atoms with Crippen molar-refractivity contribution in [1.82, 2.24) is 4.98 Å². The van der Waals surface area contributed by atoms with Crippen molar-refractivity contribution in [1.29, 1.82) is 0 Å². The van der Waals surface area contributed by atoms with E-state index in [2.05, 4.69) is 9.72 Å². The van der Waals surface area contributed by atoms with Crippen LogP contribution < -0.4 is 0 Å². The molecule has 1 aromatic rings. The molecule has 0 N–H and O–H groups in total. The Bertz CT molecular complexity index is 311. The number of alkyl halides is 4. The molecule has 0 aliphatic heterocycles. The van der Waals surface area contributed by atoms with Gasteiger partial charge in [-0.1, -0.05) is 0 Å². The lowest BCUT2D eigenvalue weighted by atomic mass is 10.5. The van der Waals surface area contributed by atoms with Crippen LogP contribution in [0.4, 0.5) is 13.2 Å². The van der Waals surface area contributed by atoms with Crippen LogP contribution >= 0.6 is 11.6 Å². The van der Waals surface area contributed by atoms with Crippen molar-refractivity contribution in [2.24, 2.45) is 0 Å². The average Bonchev–Trinajstić information content (AvgIpc) is 2.50. The van der Waals surface area contributed by atoms with E-state index >= 15 is 0 Å². The molecule has 7 heteroatoms. The molecule has 1 unspecified atom stereocenters. The lowest BCUT2D eigenvalue weighted by Gasteiger charge is -2.05. The van der Waals surface area contributed by atoms with Gasteiger partial charge in [0.25, 0.3) is 0 Å². The zero-order valence-electron chi connectivity index (χ0n) is 7.84. The summed E-state index contributed by atoms with van der Waals surface area (Å²) in [6, 6.07) is 0. The lowest BCUT2D eigenvalue weighted by molar-refractivity contribution is -0.177. The highest BCUT2D eigenvalue weighted by Crippen LogP contribution is 2.20. The Balaban J connectivity index is 2.38. The van der Waals surface area contributed by atoms with E-state index in [0.717, 1.165) is 0 Å². The standard InChI is InChI=1S/C8H9ClF3NO2/c1-5(9)7-13-2-6(15-7)3-14-4-8(10,11)12/h2,5H,3-4H2,1H3. The summed E-state index contributed by atoms with van der Waals surface area (Å²) in [5.41, 5.74) is 0. The Labute approximate surface area is 89.2 Å². The summed E-state index contributed by atoms with van der Waals surface area (Å²) in [4.78, 5) is 3.77. The van der Waals surface area contributed by atoms with Crippen molar-refractivity contribution < 1.29 is 22.3 Å². The summed E-state index contributed by atoms with van der Waals surface area (Å²) in [6.45, 7) is 0.0727. The lowest BCUT2D eigenvalue weighted by Crippen LogP contribution is -2.16. The van der Waals surface area contributed by atoms with Crippen LogP contribution in [0.3, 0.4) is 0 Å². The molecule has 0 aromatic carbocycles. The summed E-state index contributed by atoms with van der Waals surface area (Å²) in [5.74, 6) is 0.490. The molecule has 1 aromatic heterocycles. The van der Waals surface area contributed by atoms with E-state index in [4.69, 9.17) is 16.0 Å². The Hall–Kier alpha value is -0.750. The van der Waals surface area contributed by atoms with Gasteiger partial charge in [0.1, 0.15) is 24.4 Å². The molecule has 0 fully saturated rings. The van der Waals surface area contributed by atoms with Crippen molar-refractivity contribution >= 4 is 11.6 Å². The molecule has 0 saturated carbocycles. The van der Waals surface area contributed by atoms with Crippen LogP contribution in [0, 0.1) is 0 Å². The predicted octanol–water partition coefficient (Wildman–Crippen LogP) is 3.05. The Morgan fingerprint density at radius 1 is 1.60 bits per heavy atom. The fraction of sp³-hybridized carbons (Fsp3) is 0.625. The van der Waals surface area contributed by atoms with Crippen LogP contribution in [-0.2, 0) is 11.3 Å². The minimum atomic E-state index is -4.33. The molecule has 0 aliphatic carbocycles. The van der Waals surface area contributed by atoms with Gasteiger partial charge in [0.15, 0.2) is 0 Å². The highest BCUT2D eigenvalue weighted by Gasteiger charge is 2.27. The molecule has 1 rings (SSSR count). The number of aromatic nitrogens is 1. The largest absolute Gasteiger partial charge is 0.442 e. The number of hydrogen-bond acceptors (Lipinski definition) is 3. The van der Waals surface area contributed by atoms with Crippen molar-refractivity contribution in [2.45, 2.75) is 25.1 Å². The van der Waals surface area contributed by atoms with Crippen LogP contribution in [0.15, 0.2) is 10.6 Å². The highest BCUT2D eigenvalue weighted by molar-refractivity contribution is 6.20. The first-order chi connectivity index (χ1) is 6.88. The molecule has 3 nitrogen and oxygen atoms in total. The van der Waals surface area contributed by atoms with E-state index < -0.39 is 18.2 Å². The molecular weight excluding hydrogens is 235 g/mol. The zero-order chi connectivity index (χ0) is 11.5. The minimum absolute atomic E-state index is 0.224. The summed E-state index contributed by atoms with van der Waals surface area (Å²) in [7, 11) is 0. The van der Waals surface area contributed by atoms with Gasteiger partial charge in [-0.05, 0) is 6.92 Å². The van der Waals surface area contributed by atoms with Crippen LogP contribution in [0.25, 0.3) is 0 Å². The molecule has 0 aliphatic rings. The second-order valence-electron chi connectivity index (χ2n) is 2.89. The molecular formula is C8H9ClF3NO2. The normalized spacial score (nSPS) is 14.2. The van der Waals surface area contributed by atoms with E-state index in [9.17, 15) is 13.2 Å². The maximum Gasteiger partial charge on any atom is 0.411 e. The summed E-state index contributed by atoms with van der Waals surface area (Å²) in [5, 5.41) is -0.415. The molecule has 0 bridgehead atoms. The molecule has 0 amide bonds. The molecule has 1 heterocycles. The summed E-state index contributed by atoms with van der Waals surface area (Å²) in [6.07, 6.45) is -3.03. The van der Waals surface area contributed by atoms with Gasteiger partial charge in [-0.2, -0.15) is 13.2 Å². The number of halogens is 4. The number of ether oxygens (including phenoxy) is 1. The monoisotopic (exact) mass is 243 g/mol. The van der Waals surface area contributed by atoms with Crippen molar-refractivity contribution in [3.63, 3.8) is 0 Å². The second-order valence-corrected chi connectivity index (χ2v) is 3.54. The molecule has 86 valence electrons. The second kappa shape index (κ2) is 4.85. The van der Waals surface area contributed by atoms with Gasteiger partial charge >= 0.3 is 6.18 Å². The summed E-state index contributed by atoms with van der Waals surface area (Å²) >= 11 is 5.65.